The number of aryl methyl sites for hydroxylation is 2. The third-order valence-electron chi connectivity index (χ3n) is 4.93. The molecule has 0 spiro atoms. The largest absolute Gasteiger partial charge is 0.394 e. The third-order valence-corrected chi connectivity index (χ3v) is 4.93. The fraction of sp³-hybridized carbons (Fsp3) is 0.500. The molecule has 24 heavy (non-hydrogen) atoms. The van der Waals surface area contributed by atoms with Crippen LogP contribution >= 0.6 is 0 Å². The highest BCUT2D eigenvalue weighted by Crippen LogP contribution is 2.38. The summed E-state index contributed by atoms with van der Waals surface area (Å²) in [5.74, 6) is 0.913. The van der Waals surface area contributed by atoms with E-state index in [1.807, 2.05) is 13.1 Å². The molecular weight excluding hydrogens is 302 g/mol. The van der Waals surface area contributed by atoms with Gasteiger partial charge in [-0.05, 0) is 37.7 Å². The van der Waals surface area contributed by atoms with Gasteiger partial charge in [-0.15, -0.1) is 0 Å². The van der Waals surface area contributed by atoms with Crippen molar-refractivity contribution in [3.05, 3.63) is 28.7 Å². The summed E-state index contributed by atoms with van der Waals surface area (Å²) in [6.07, 6.45) is 5.96. The summed E-state index contributed by atoms with van der Waals surface area (Å²) >= 11 is 0. The van der Waals surface area contributed by atoms with Crippen molar-refractivity contribution in [1.82, 2.24) is 14.8 Å². The maximum absolute atomic E-state index is 9.65. The lowest BCUT2D eigenvalue weighted by Crippen LogP contribution is -2.18. The van der Waals surface area contributed by atoms with E-state index in [0.717, 1.165) is 53.8 Å². The van der Waals surface area contributed by atoms with Gasteiger partial charge < -0.3 is 10.8 Å². The predicted molar refractivity (Wildman–Crippen MR) is 92.2 cm³/mol. The van der Waals surface area contributed by atoms with E-state index in [4.69, 9.17) is 10.8 Å². The van der Waals surface area contributed by atoms with Crippen molar-refractivity contribution < 1.29 is 5.11 Å². The van der Waals surface area contributed by atoms with Crippen LogP contribution in [0.4, 0.5) is 5.82 Å². The van der Waals surface area contributed by atoms with Crippen molar-refractivity contribution in [2.24, 2.45) is 5.92 Å². The van der Waals surface area contributed by atoms with Gasteiger partial charge in [-0.25, -0.2) is 4.98 Å². The number of aliphatic hydroxyl groups excluding tert-OH is 1. The average Bonchev–Trinajstić information content (AvgIpc) is 2.93. The quantitative estimate of drug-likeness (QED) is 0.897. The fourth-order valence-corrected chi connectivity index (χ4v) is 3.59. The molecule has 0 fully saturated rings. The Hall–Kier alpha value is -2.39. The van der Waals surface area contributed by atoms with Gasteiger partial charge in [0.05, 0.1) is 18.8 Å². The number of nitriles is 1. The second kappa shape index (κ2) is 6.62. The molecular formula is C18H23N5O. The van der Waals surface area contributed by atoms with Crippen LogP contribution in [0.2, 0.25) is 0 Å². The number of hydrogen-bond acceptors (Lipinski definition) is 5. The Morgan fingerprint density at radius 3 is 2.96 bits per heavy atom. The van der Waals surface area contributed by atoms with Crippen LogP contribution < -0.4 is 5.73 Å². The van der Waals surface area contributed by atoms with Gasteiger partial charge in [0.15, 0.2) is 0 Å². The Morgan fingerprint density at radius 1 is 1.50 bits per heavy atom. The molecule has 2 aromatic rings. The normalized spacial score (nSPS) is 16.7. The number of pyridine rings is 1. The van der Waals surface area contributed by atoms with Gasteiger partial charge >= 0.3 is 0 Å². The molecule has 3 N–H and O–H groups in total. The molecule has 0 aliphatic heterocycles. The number of fused-ring (bicyclic) bond motifs is 1. The Morgan fingerprint density at radius 2 is 2.29 bits per heavy atom. The Kier molecular flexibility index (Phi) is 4.54. The van der Waals surface area contributed by atoms with Crippen LogP contribution in [0.1, 0.15) is 42.3 Å². The van der Waals surface area contributed by atoms with Crippen LogP contribution in [0.15, 0.2) is 6.20 Å². The van der Waals surface area contributed by atoms with Crippen molar-refractivity contribution in [3.8, 4) is 17.2 Å². The first-order chi connectivity index (χ1) is 11.6. The van der Waals surface area contributed by atoms with Crippen molar-refractivity contribution >= 4 is 5.82 Å². The van der Waals surface area contributed by atoms with Gasteiger partial charge in [0, 0.05) is 23.0 Å². The topological polar surface area (TPSA) is 101 Å². The van der Waals surface area contributed by atoms with Gasteiger partial charge in [0.25, 0.3) is 0 Å². The number of nitrogens with zero attached hydrogens (tertiary/aromatic N) is 4. The Labute approximate surface area is 141 Å². The molecule has 0 radical (unpaired) electrons. The van der Waals surface area contributed by atoms with Crippen molar-refractivity contribution in [3.63, 3.8) is 0 Å². The van der Waals surface area contributed by atoms with E-state index in [1.165, 1.54) is 0 Å². The first-order valence-corrected chi connectivity index (χ1v) is 8.45. The van der Waals surface area contributed by atoms with E-state index < -0.39 is 0 Å². The minimum absolute atomic E-state index is 0.0279. The molecule has 6 heteroatoms. The SMILES string of the molecule is CC[C@@H]1CCc2nc(N)c(C#N)c(-c3cn(CCO)nc3C)c2C1. The first kappa shape index (κ1) is 16.5. The number of nitrogens with two attached hydrogens (primary N) is 1. The van der Waals surface area contributed by atoms with Crippen LogP contribution in [-0.2, 0) is 19.4 Å². The zero-order valence-electron chi connectivity index (χ0n) is 14.2. The van der Waals surface area contributed by atoms with Crippen LogP contribution in [0.5, 0.6) is 0 Å². The van der Waals surface area contributed by atoms with Crippen LogP contribution in [0.25, 0.3) is 11.1 Å². The summed E-state index contributed by atoms with van der Waals surface area (Å²) in [6, 6.07) is 2.24. The molecule has 0 unspecified atom stereocenters. The van der Waals surface area contributed by atoms with Crippen molar-refractivity contribution in [2.75, 3.05) is 12.3 Å². The Bertz CT molecular complexity index is 803. The van der Waals surface area contributed by atoms with E-state index in [1.54, 1.807) is 4.68 Å². The highest BCUT2D eigenvalue weighted by atomic mass is 16.3. The second-order valence-corrected chi connectivity index (χ2v) is 6.42. The lowest BCUT2D eigenvalue weighted by atomic mass is 9.80. The maximum atomic E-state index is 9.65. The summed E-state index contributed by atoms with van der Waals surface area (Å²) < 4.78 is 1.72. The Balaban J connectivity index is 2.22. The molecule has 0 saturated heterocycles. The number of nitrogen functional groups attached to an aromatic ring is 1. The van der Waals surface area contributed by atoms with E-state index in [2.05, 4.69) is 23.1 Å². The molecule has 1 atom stereocenters. The number of rotatable bonds is 4. The molecule has 0 bridgehead atoms. The molecule has 1 aliphatic rings. The number of hydrogen-bond donors (Lipinski definition) is 2. The summed E-state index contributed by atoms with van der Waals surface area (Å²) in [4.78, 5) is 4.50. The van der Waals surface area contributed by atoms with Crippen LogP contribution in [-0.4, -0.2) is 26.5 Å². The minimum Gasteiger partial charge on any atom is -0.394 e. The van der Waals surface area contributed by atoms with Gasteiger partial charge in [-0.1, -0.05) is 13.3 Å². The number of anilines is 1. The number of aliphatic hydroxyl groups is 1. The summed E-state index contributed by atoms with van der Waals surface area (Å²) in [7, 11) is 0. The van der Waals surface area contributed by atoms with Gasteiger partial charge in [-0.2, -0.15) is 10.4 Å². The van der Waals surface area contributed by atoms with E-state index >= 15 is 0 Å². The molecule has 0 amide bonds. The zero-order valence-corrected chi connectivity index (χ0v) is 14.2. The summed E-state index contributed by atoms with van der Waals surface area (Å²) in [6.45, 7) is 4.59. The van der Waals surface area contributed by atoms with Gasteiger partial charge in [-0.3, -0.25) is 4.68 Å². The minimum atomic E-state index is 0.0279. The highest BCUT2D eigenvalue weighted by Gasteiger charge is 2.27. The first-order valence-electron chi connectivity index (χ1n) is 8.45. The smallest absolute Gasteiger partial charge is 0.142 e. The van der Waals surface area contributed by atoms with Crippen molar-refractivity contribution in [2.45, 2.75) is 46.1 Å². The number of aromatic nitrogens is 3. The molecule has 2 aromatic heterocycles. The van der Waals surface area contributed by atoms with E-state index in [0.29, 0.717) is 23.8 Å². The maximum Gasteiger partial charge on any atom is 0.142 e. The van der Waals surface area contributed by atoms with Gasteiger partial charge in [0.1, 0.15) is 17.5 Å². The molecule has 0 aromatic carbocycles. The highest BCUT2D eigenvalue weighted by molar-refractivity contribution is 5.80. The molecule has 2 heterocycles. The molecule has 6 nitrogen and oxygen atoms in total. The molecule has 0 saturated carbocycles. The molecule has 126 valence electrons. The van der Waals surface area contributed by atoms with E-state index in [-0.39, 0.29) is 6.61 Å². The predicted octanol–water partition coefficient (Wildman–Crippen LogP) is 2.21. The standard InChI is InChI=1S/C18H23N5O/c1-3-12-4-5-16-13(8-12)17(14(9-19)18(20)21-16)15-10-23(6-7-24)22-11(15)2/h10,12,24H,3-8H2,1-2H3,(H2,20,21)/t12-/m1/s1. The van der Waals surface area contributed by atoms with Gasteiger partial charge in [0.2, 0.25) is 0 Å². The summed E-state index contributed by atoms with van der Waals surface area (Å²) in [5, 5.41) is 23.3. The zero-order chi connectivity index (χ0) is 17.3. The lowest BCUT2D eigenvalue weighted by Gasteiger charge is -2.26. The molecule has 1 aliphatic carbocycles. The summed E-state index contributed by atoms with van der Waals surface area (Å²) in [5.41, 5.74) is 11.3. The monoisotopic (exact) mass is 325 g/mol. The average molecular weight is 325 g/mol. The second-order valence-electron chi connectivity index (χ2n) is 6.42. The van der Waals surface area contributed by atoms with E-state index in [9.17, 15) is 5.26 Å². The van der Waals surface area contributed by atoms with Crippen molar-refractivity contribution in [1.29, 1.82) is 5.26 Å². The van der Waals surface area contributed by atoms with Crippen LogP contribution in [0.3, 0.4) is 0 Å². The molecule has 3 rings (SSSR count). The third kappa shape index (κ3) is 2.76. The fourth-order valence-electron chi connectivity index (χ4n) is 3.59. The lowest BCUT2D eigenvalue weighted by molar-refractivity contribution is 0.269. The van der Waals surface area contributed by atoms with Crippen LogP contribution in [0, 0.1) is 24.2 Å².